The Balaban J connectivity index is 2.57. The fourth-order valence-corrected chi connectivity index (χ4v) is 1.28. The SMILES string of the molecule is CC(Oc1ccccc1)C(=O)NC(C)(CO)CO. The van der Waals surface area contributed by atoms with Crippen molar-refractivity contribution in [3.05, 3.63) is 30.3 Å². The van der Waals surface area contributed by atoms with Gasteiger partial charge < -0.3 is 20.3 Å². The van der Waals surface area contributed by atoms with Crippen LogP contribution in [-0.4, -0.2) is 41.0 Å². The van der Waals surface area contributed by atoms with E-state index >= 15 is 0 Å². The Morgan fingerprint density at radius 2 is 1.89 bits per heavy atom. The second kappa shape index (κ2) is 6.37. The lowest BCUT2D eigenvalue weighted by atomic mass is 10.1. The van der Waals surface area contributed by atoms with Gasteiger partial charge in [-0.25, -0.2) is 0 Å². The Bertz CT molecular complexity index is 376. The third-order valence-corrected chi connectivity index (χ3v) is 2.55. The maximum atomic E-state index is 11.8. The molecule has 0 bridgehead atoms. The van der Waals surface area contributed by atoms with Crippen molar-refractivity contribution in [3.63, 3.8) is 0 Å². The van der Waals surface area contributed by atoms with E-state index < -0.39 is 11.6 Å². The van der Waals surface area contributed by atoms with Gasteiger partial charge in [0.05, 0.1) is 18.8 Å². The van der Waals surface area contributed by atoms with Crippen molar-refractivity contribution in [1.82, 2.24) is 5.32 Å². The Labute approximate surface area is 106 Å². The van der Waals surface area contributed by atoms with Gasteiger partial charge in [0.1, 0.15) is 5.75 Å². The Kier molecular flexibility index (Phi) is 5.12. The molecule has 0 aliphatic rings. The Hall–Kier alpha value is -1.59. The number of aliphatic hydroxyl groups is 2. The number of rotatable bonds is 6. The van der Waals surface area contributed by atoms with Crippen molar-refractivity contribution in [1.29, 1.82) is 0 Å². The number of hydrogen-bond acceptors (Lipinski definition) is 4. The highest BCUT2D eigenvalue weighted by Gasteiger charge is 2.27. The average Bonchev–Trinajstić information content (AvgIpc) is 2.39. The standard InChI is InChI=1S/C13H19NO4/c1-10(18-11-6-4-3-5-7-11)12(17)14-13(2,8-15)9-16/h3-7,10,15-16H,8-9H2,1-2H3,(H,14,17). The topological polar surface area (TPSA) is 78.8 Å². The molecule has 0 spiro atoms. The number of benzene rings is 1. The first-order valence-corrected chi connectivity index (χ1v) is 5.76. The summed E-state index contributed by atoms with van der Waals surface area (Å²) >= 11 is 0. The minimum atomic E-state index is -1.04. The summed E-state index contributed by atoms with van der Waals surface area (Å²) in [5, 5.41) is 20.7. The summed E-state index contributed by atoms with van der Waals surface area (Å²) in [4.78, 5) is 11.8. The van der Waals surface area contributed by atoms with Crippen molar-refractivity contribution in [2.75, 3.05) is 13.2 Å². The number of aliphatic hydroxyl groups excluding tert-OH is 2. The van der Waals surface area contributed by atoms with E-state index in [0.717, 1.165) is 0 Å². The zero-order valence-corrected chi connectivity index (χ0v) is 10.6. The molecule has 0 aliphatic heterocycles. The molecule has 1 aromatic rings. The molecule has 1 rings (SSSR count). The van der Waals surface area contributed by atoms with Crippen molar-refractivity contribution in [2.24, 2.45) is 0 Å². The molecule has 0 aliphatic carbocycles. The average molecular weight is 253 g/mol. The number of amides is 1. The van der Waals surface area contributed by atoms with Crippen LogP contribution in [-0.2, 0) is 4.79 Å². The third-order valence-electron chi connectivity index (χ3n) is 2.55. The van der Waals surface area contributed by atoms with Crippen LogP contribution >= 0.6 is 0 Å². The van der Waals surface area contributed by atoms with Crippen molar-refractivity contribution < 1.29 is 19.7 Å². The van der Waals surface area contributed by atoms with E-state index in [1.165, 1.54) is 0 Å². The summed E-state index contributed by atoms with van der Waals surface area (Å²) in [5.41, 5.74) is -1.04. The minimum Gasteiger partial charge on any atom is -0.481 e. The maximum absolute atomic E-state index is 11.8. The van der Waals surface area contributed by atoms with Crippen LogP contribution in [0, 0.1) is 0 Å². The van der Waals surface area contributed by atoms with Gasteiger partial charge in [-0.05, 0) is 26.0 Å². The molecule has 5 nitrogen and oxygen atoms in total. The monoisotopic (exact) mass is 253 g/mol. The molecule has 0 radical (unpaired) electrons. The van der Waals surface area contributed by atoms with E-state index in [1.807, 2.05) is 18.2 Å². The first kappa shape index (κ1) is 14.5. The van der Waals surface area contributed by atoms with Crippen LogP contribution in [0.3, 0.4) is 0 Å². The van der Waals surface area contributed by atoms with Gasteiger partial charge in [-0.15, -0.1) is 0 Å². The summed E-state index contributed by atoms with van der Waals surface area (Å²) in [5.74, 6) is 0.208. The first-order valence-electron chi connectivity index (χ1n) is 5.76. The smallest absolute Gasteiger partial charge is 0.261 e. The van der Waals surface area contributed by atoms with Gasteiger partial charge in [0, 0.05) is 0 Å². The van der Waals surface area contributed by atoms with Crippen LogP contribution < -0.4 is 10.1 Å². The molecule has 0 fully saturated rings. The first-order chi connectivity index (χ1) is 8.50. The lowest BCUT2D eigenvalue weighted by Crippen LogP contribution is -2.54. The predicted octanol–water partition coefficient (Wildman–Crippen LogP) is 0.313. The molecule has 18 heavy (non-hydrogen) atoms. The zero-order valence-electron chi connectivity index (χ0n) is 10.6. The van der Waals surface area contributed by atoms with Gasteiger partial charge in [-0.3, -0.25) is 4.79 Å². The van der Waals surface area contributed by atoms with E-state index in [1.54, 1.807) is 26.0 Å². The summed E-state index contributed by atoms with van der Waals surface area (Å²) in [6, 6.07) is 8.98. The molecule has 1 atom stereocenters. The molecular weight excluding hydrogens is 234 g/mol. The fraction of sp³-hybridized carbons (Fsp3) is 0.462. The molecule has 3 N–H and O–H groups in total. The second-order valence-corrected chi connectivity index (χ2v) is 4.44. The lowest BCUT2D eigenvalue weighted by molar-refractivity contribution is -0.130. The molecule has 0 saturated carbocycles. The van der Waals surface area contributed by atoms with E-state index in [4.69, 9.17) is 14.9 Å². The van der Waals surface area contributed by atoms with E-state index in [-0.39, 0.29) is 19.1 Å². The highest BCUT2D eigenvalue weighted by Crippen LogP contribution is 2.11. The summed E-state index contributed by atoms with van der Waals surface area (Å²) in [6.07, 6.45) is -0.704. The normalized spacial score (nSPS) is 12.9. The van der Waals surface area contributed by atoms with Gasteiger partial charge in [0.2, 0.25) is 0 Å². The Morgan fingerprint density at radius 1 is 1.33 bits per heavy atom. The zero-order chi connectivity index (χ0) is 13.6. The summed E-state index contributed by atoms with van der Waals surface area (Å²) in [7, 11) is 0. The molecule has 1 amide bonds. The molecule has 5 heteroatoms. The van der Waals surface area contributed by atoms with Gasteiger partial charge in [0.15, 0.2) is 6.10 Å². The number of ether oxygens (including phenoxy) is 1. The quantitative estimate of drug-likeness (QED) is 0.682. The molecule has 0 saturated heterocycles. The molecule has 1 unspecified atom stereocenters. The number of nitrogens with one attached hydrogen (secondary N) is 1. The van der Waals surface area contributed by atoms with Gasteiger partial charge in [-0.2, -0.15) is 0 Å². The van der Waals surface area contributed by atoms with E-state index in [9.17, 15) is 4.79 Å². The van der Waals surface area contributed by atoms with Crippen molar-refractivity contribution in [3.8, 4) is 5.75 Å². The fourth-order valence-electron chi connectivity index (χ4n) is 1.28. The highest BCUT2D eigenvalue weighted by atomic mass is 16.5. The van der Waals surface area contributed by atoms with Crippen LogP contribution in [0.15, 0.2) is 30.3 Å². The van der Waals surface area contributed by atoms with Crippen LogP contribution in [0.5, 0.6) is 5.75 Å². The molecule has 0 heterocycles. The minimum absolute atomic E-state index is 0.340. The van der Waals surface area contributed by atoms with Crippen LogP contribution in [0.1, 0.15) is 13.8 Å². The number of hydrogen-bond donors (Lipinski definition) is 3. The third kappa shape index (κ3) is 4.01. The van der Waals surface area contributed by atoms with E-state index in [2.05, 4.69) is 5.32 Å². The largest absolute Gasteiger partial charge is 0.481 e. The van der Waals surface area contributed by atoms with Crippen molar-refractivity contribution in [2.45, 2.75) is 25.5 Å². The Morgan fingerprint density at radius 3 is 2.39 bits per heavy atom. The molecule has 100 valence electrons. The van der Waals surface area contributed by atoms with Gasteiger partial charge in [0.25, 0.3) is 5.91 Å². The van der Waals surface area contributed by atoms with Crippen molar-refractivity contribution >= 4 is 5.91 Å². The van der Waals surface area contributed by atoms with Gasteiger partial charge >= 0.3 is 0 Å². The van der Waals surface area contributed by atoms with Crippen LogP contribution in [0.2, 0.25) is 0 Å². The summed E-state index contributed by atoms with van der Waals surface area (Å²) in [6.45, 7) is 2.48. The lowest BCUT2D eigenvalue weighted by Gasteiger charge is -2.27. The molecule has 1 aromatic carbocycles. The van der Waals surface area contributed by atoms with Crippen LogP contribution in [0.25, 0.3) is 0 Å². The number of carbonyl (C=O) groups excluding carboxylic acids is 1. The van der Waals surface area contributed by atoms with Gasteiger partial charge in [-0.1, -0.05) is 18.2 Å². The highest BCUT2D eigenvalue weighted by molar-refractivity contribution is 5.81. The molecule has 0 aromatic heterocycles. The van der Waals surface area contributed by atoms with E-state index in [0.29, 0.717) is 5.75 Å². The molecular formula is C13H19NO4. The second-order valence-electron chi connectivity index (χ2n) is 4.44. The summed E-state index contributed by atoms with van der Waals surface area (Å²) < 4.78 is 5.44. The number of para-hydroxylation sites is 1. The predicted molar refractivity (Wildman–Crippen MR) is 67.3 cm³/mol. The number of carbonyl (C=O) groups is 1. The van der Waals surface area contributed by atoms with Crippen LogP contribution in [0.4, 0.5) is 0 Å². The maximum Gasteiger partial charge on any atom is 0.261 e.